The minimum absolute atomic E-state index is 0.270. The fourth-order valence-corrected chi connectivity index (χ4v) is 4.79. The van der Waals surface area contributed by atoms with Crippen LogP contribution in [0.15, 0.2) is 35.8 Å². The summed E-state index contributed by atoms with van der Waals surface area (Å²) in [4.78, 5) is 44.0. The number of carbonyl (C=O) groups is 3. The van der Waals surface area contributed by atoms with Crippen molar-refractivity contribution in [2.45, 2.75) is 26.3 Å². The number of Topliss-reactive ketones (excluding diaryl/α,β-unsaturated/α-hetero) is 1. The van der Waals surface area contributed by atoms with Gasteiger partial charge in [-0.15, -0.1) is 11.3 Å². The molecule has 3 amide bonds. The Bertz CT molecular complexity index is 1220. The topological polar surface area (TPSA) is 84.3 Å². The predicted molar refractivity (Wildman–Crippen MR) is 119 cm³/mol. The highest BCUT2D eigenvalue weighted by Gasteiger charge is 2.49. The van der Waals surface area contributed by atoms with E-state index in [0.29, 0.717) is 21.8 Å². The second-order valence-electron chi connectivity index (χ2n) is 7.43. The van der Waals surface area contributed by atoms with Gasteiger partial charge in [0.25, 0.3) is 5.91 Å². The van der Waals surface area contributed by atoms with Crippen molar-refractivity contribution in [3.8, 4) is 5.13 Å². The number of urea groups is 1. The third-order valence-electron chi connectivity index (χ3n) is 5.42. The molecule has 1 unspecified atom stereocenters. The molecule has 1 aromatic carbocycles. The molecule has 3 aromatic rings. The normalized spacial score (nSPS) is 18.5. The Labute approximate surface area is 192 Å². The molecule has 1 N–H and O–H groups in total. The Morgan fingerprint density at radius 1 is 1.19 bits per heavy atom. The van der Waals surface area contributed by atoms with Crippen molar-refractivity contribution >= 4 is 52.3 Å². The van der Waals surface area contributed by atoms with Crippen LogP contribution < -0.4 is 5.32 Å². The van der Waals surface area contributed by atoms with Gasteiger partial charge >= 0.3 is 6.03 Å². The lowest BCUT2D eigenvalue weighted by Crippen LogP contribution is -2.41. The molecule has 0 radical (unpaired) electrons. The number of ketones is 1. The lowest BCUT2D eigenvalue weighted by atomic mass is 9.92. The molecule has 2 aromatic heterocycles. The maximum Gasteiger partial charge on any atom is 0.325 e. The number of hydrogen-bond donors (Lipinski definition) is 1. The molecule has 4 rings (SSSR count). The highest BCUT2D eigenvalue weighted by molar-refractivity contribution is 7.12. The third kappa shape index (κ3) is 3.54. The van der Waals surface area contributed by atoms with Gasteiger partial charge in [-0.3, -0.25) is 19.1 Å². The number of aryl methyl sites for hydroxylation is 1. The Morgan fingerprint density at radius 3 is 2.58 bits per heavy atom. The van der Waals surface area contributed by atoms with Crippen molar-refractivity contribution < 1.29 is 14.4 Å². The van der Waals surface area contributed by atoms with Crippen molar-refractivity contribution in [1.82, 2.24) is 19.8 Å². The minimum Gasteiger partial charge on any atom is -0.319 e. The standard InChI is InChI=1S/C21H18Cl2N4O3S/c1-11-8-14(12(2)27(11)20-24-6-7-31-20)17(28)10-26-18(29)21(3,25-19(26)30)13-4-5-15(22)16(23)9-13/h4-9H,10H2,1-3H3,(H,25,30). The zero-order valence-corrected chi connectivity index (χ0v) is 19.2. The summed E-state index contributed by atoms with van der Waals surface area (Å²) in [6.45, 7) is 4.89. The fraction of sp³-hybridized carbons (Fsp3) is 0.238. The molecular formula is C21H18Cl2N4O3S. The molecule has 1 atom stereocenters. The SMILES string of the molecule is Cc1cc(C(=O)CN2C(=O)NC(C)(c3ccc(Cl)c(Cl)c3)C2=O)c(C)n1-c1nccs1. The van der Waals surface area contributed by atoms with Crippen LogP contribution >= 0.6 is 34.5 Å². The van der Waals surface area contributed by atoms with Crippen molar-refractivity contribution in [2.75, 3.05) is 6.54 Å². The number of aromatic nitrogens is 2. The van der Waals surface area contributed by atoms with Crippen LogP contribution in [0.2, 0.25) is 10.0 Å². The number of rotatable bonds is 5. The molecule has 1 aliphatic rings. The quantitative estimate of drug-likeness (QED) is 0.433. The van der Waals surface area contributed by atoms with Gasteiger partial charge in [-0.25, -0.2) is 9.78 Å². The van der Waals surface area contributed by atoms with E-state index in [1.54, 1.807) is 31.3 Å². The van der Waals surface area contributed by atoms with E-state index in [4.69, 9.17) is 23.2 Å². The van der Waals surface area contributed by atoms with Gasteiger partial charge in [0, 0.05) is 28.5 Å². The zero-order chi connectivity index (χ0) is 22.5. The Morgan fingerprint density at radius 2 is 1.94 bits per heavy atom. The van der Waals surface area contributed by atoms with Gasteiger partial charge in [0.2, 0.25) is 0 Å². The molecule has 0 bridgehead atoms. The number of thiazole rings is 1. The number of nitrogens with zero attached hydrogens (tertiary/aromatic N) is 3. The van der Waals surface area contributed by atoms with Gasteiger partial charge in [0.15, 0.2) is 10.9 Å². The molecule has 160 valence electrons. The average Bonchev–Trinajstić information content (AvgIpc) is 3.39. The first-order valence-electron chi connectivity index (χ1n) is 9.35. The van der Waals surface area contributed by atoms with Crippen LogP contribution in [-0.4, -0.2) is 38.7 Å². The summed E-state index contributed by atoms with van der Waals surface area (Å²) >= 11 is 13.5. The second kappa shape index (κ2) is 7.78. The van der Waals surface area contributed by atoms with E-state index in [0.717, 1.165) is 15.7 Å². The number of imide groups is 1. The van der Waals surface area contributed by atoms with Gasteiger partial charge in [-0.1, -0.05) is 29.3 Å². The van der Waals surface area contributed by atoms with Gasteiger partial charge in [-0.05, 0) is 44.5 Å². The van der Waals surface area contributed by atoms with Gasteiger partial charge in [-0.2, -0.15) is 0 Å². The lowest BCUT2D eigenvalue weighted by molar-refractivity contribution is -0.130. The summed E-state index contributed by atoms with van der Waals surface area (Å²) in [7, 11) is 0. The van der Waals surface area contributed by atoms with Crippen LogP contribution in [0.3, 0.4) is 0 Å². The molecular weight excluding hydrogens is 459 g/mol. The van der Waals surface area contributed by atoms with Crippen molar-refractivity contribution in [3.05, 3.63) is 68.4 Å². The summed E-state index contributed by atoms with van der Waals surface area (Å²) in [5, 5.41) is 5.89. The highest BCUT2D eigenvalue weighted by atomic mass is 35.5. The summed E-state index contributed by atoms with van der Waals surface area (Å²) in [6.07, 6.45) is 1.69. The Balaban J connectivity index is 1.61. The molecule has 1 fully saturated rings. The minimum atomic E-state index is -1.34. The molecule has 7 nitrogen and oxygen atoms in total. The fourth-order valence-electron chi connectivity index (χ4n) is 3.74. The van der Waals surface area contributed by atoms with Crippen LogP contribution in [0, 0.1) is 13.8 Å². The molecule has 0 spiro atoms. The van der Waals surface area contributed by atoms with E-state index >= 15 is 0 Å². The third-order valence-corrected chi connectivity index (χ3v) is 6.91. The van der Waals surface area contributed by atoms with Crippen LogP contribution in [0.5, 0.6) is 0 Å². The monoisotopic (exact) mass is 476 g/mol. The van der Waals surface area contributed by atoms with Crippen LogP contribution in [0.1, 0.15) is 34.2 Å². The Kier molecular flexibility index (Phi) is 5.41. The van der Waals surface area contributed by atoms with E-state index in [1.165, 1.54) is 17.4 Å². The van der Waals surface area contributed by atoms with Gasteiger partial charge in [0.1, 0.15) is 5.54 Å². The smallest absolute Gasteiger partial charge is 0.319 e. The maximum absolute atomic E-state index is 13.1. The summed E-state index contributed by atoms with van der Waals surface area (Å²) in [6, 6.07) is 5.83. The molecule has 31 heavy (non-hydrogen) atoms. The molecule has 1 aliphatic heterocycles. The van der Waals surface area contributed by atoms with Crippen LogP contribution in [-0.2, 0) is 10.3 Å². The molecule has 0 aliphatic carbocycles. The van der Waals surface area contributed by atoms with Gasteiger partial charge in [0.05, 0.1) is 16.6 Å². The average molecular weight is 477 g/mol. The van der Waals surface area contributed by atoms with Crippen LogP contribution in [0.25, 0.3) is 5.13 Å². The van der Waals surface area contributed by atoms with E-state index in [9.17, 15) is 14.4 Å². The largest absolute Gasteiger partial charge is 0.325 e. The number of nitrogens with one attached hydrogen (secondary N) is 1. The summed E-state index contributed by atoms with van der Waals surface area (Å²) in [5.41, 5.74) is 1.13. The molecule has 3 heterocycles. The first-order valence-corrected chi connectivity index (χ1v) is 11.0. The van der Waals surface area contributed by atoms with Crippen LogP contribution in [0.4, 0.5) is 4.79 Å². The van der Waals surface area contributed by atoms with Crippen molar-refractivity contribution in [1.29, 1.82) is 0 Å². The zero-order valence-electron chi connectivity index (χ0n) is 16.9. The predicted octanol–water partition coefficient (Wildman–Crippen LogP) is 4.51. The number of amides is 3. The van der Waals surface area contributed by atoms with E-state index in [1.807, 2.05) is 23.8 Å². The maximum atomic E-state index is 13.1. The van der Waals surface area contributed by atoms with E-state index < -0.39 is 17.5 Å². The van der Waals surface area contributed by atoms with E-state index in [-0.39, 0.29) is 17.4 Å². The first-order chi connectivity index (χ1) is 14.6. The number of hydrogen-bond acceptors (Lipinski definition) is 5. The number of carbonyl (C=O) groups excluding carboxylic acids is 3. The first kappa shape index (κ1) is 21.5. The molecule has 1 saturated heterocycles. The van der Waals surface area contributed by atoms with Crippen molar-refractivity contribution in [2.24, 2.45) is 0 Å². The number of benzene rings is 1. The van der Waals surface area contributed by atoms with Crippen molar-refractivity contribution in [3.63, 3.8) is 0 Å². The molecule has 10 heteroatoms. The molecule has 0 saturated carbocycles. The summed E-state index contributed by atoms with van der Waals surface area (Å²) in [5.74, 6) is -0.865. The second-order valence-corrected chi connectivity index (χ2v) is 9.12. The highest BCUT2D eigenvalue weighted by Crippen LogP contribution is 2.33. The van der Waals surface area contributed by atoms with Gasteiger partial charge < -0.3 is 5.32 Å². The summed E-state index contributed by atoms with van der Waals surface area (Å²) < 4.78 is 1.88. The number of halogens is 2. The lowest BCUT2D eigenvalue weighted by Gasteiger charge is -2.22. The Hall–Kier alpha value is -2.68. The van der Waals surface area contributed by atoms with E-state index in [2.05, 4.69) is 10.3 Å².